The van der Waals surface area contributed by atoms with Gasteiger partial charge in [-0.15, -0.1) is 0 Å². The highest BCUT2D eigenvalue weighted by Gasteiger charge is 2.10. The van der Waals surface area contributed by atoms with Crippen molar-refractivity contribution in [3.05, 3.63) is 35.9 Å². The van der Waals surface area contributed by atoms with E-state index in [-0.39, 0.29) is 18.4 Å². The van der Waals surface area contributed by atoms with Gasteiger partial charge in [0, 0.05) is 20.6 Å². The standard InChI is InChI=1S/C13H17N3O/c1-16(2)13(17)10-15-9-12(8-14)11-6-4-3-5-7-11/h3-7,12,15H,9-10H2,1-2H3. The Labute approximate surface area is 102 Å². The normalized spacial score (nSPS) is 11.6. The third-order valence-electron chi connectivity index (χ3n) is 2.48. The van der Waals surface area contributed by atoms with E-state index in [1.165, 1.54) is 4.90 Å². The summed E-state index contributed by atoms with van der Waals surface area (Å²) in [7, 11) is 3.42. The lowest BCUT2D eigenvalue weighted by molar-refractivity contribution is -0.127. The van der Waals surface area contributed by atoms with Crippen LogP contribution in [0, 0.1) is 11.3 Å². The van der Waals surface area contributed by atoms with Crippen LogP contribution in [-0.2, 0) is 4.79 Å². The summed E-state index contributed by atoms with van der Waals surface area (Å²) in [6, 6.07) is 11.8. The number of amides is 1. The van der Waals surface area contributed by atoms with Crippen molar-refractivity contribution in [2.24, 2.45) is 0 Å². The van der Waals surface area contributed by atoms with Gasteiger partial charge in [0.05, 0.1) is 18.5 Å². The summed E-state index contributed by atoms with van der Waals surface area (Å²) in [6.07, 6.45) is 0. The Hall–Kier alpha value is -1.86. The van der Waals surface area contributed by atoms with Gasteiger partial charge in [-0.05, 0) is 5.56 Å². The van der Waals surface area contributed by atoms with Crippen LogP contribution < -0.4 is 5.32 Å². The van der Waals surface area contributed by atoms with Crippen LogP contribution in [0.2, 0.25) is 0 Å². The fraction of sp³-hybridized carbons (Fsp3) is 0.385. The average molecular weight is 231 g/mol. The van der Waals surface area contributed by atoms with Gasteiger partial charge >= 0.3 is 0 Å². The summed E-state index contributed by atoms with van der Waals surface area (Å²) >= 11 is 0. The van der Waals surface area contributed by atoms with Crippen molar-refractivity contribution < 1.29 is 4.79 Å². The number of nitrogens with one attached hydrogen (secondary N) is 1. The topological polar surface area (TPSA) is 56.1 Å². The smallest absolute Gasteiger partial charge is 0.236 e. The average Bonchev–Trinajstić information content (AvgIpc) is 2.35. The lowest BCUT2D eigenvalue weighted by Gasteiger charge is -2.13. The second kappa shape index (κ2) is 6.66. The van der Waals surface area contributed by atoms with Crippen LogP contribution in [0.1, 0.15) is 11.5 Å². The van der Waals surface area contributed by atoms with E-state index in [2.05, 4.69) is 11.4 Å². The molecule has 1 aromatic carbocycles. The summed E-state index contributed by atoms with van der Waals surface area (Å²) < 4.78 is 0. The number of hydrogen-bond donors (Lipinski definition) is 1. The number of carbonyl (C=O) groups is 1. The lowest BCUT2D eigenvalue weighted by Crippen LogP contribution is -2.34. The molecule has 0 heterocycles. The molecule has 1 atom stereocenters. The molecule has 0 fully saturated rings. The molecule has 0 saturated heterocycles. The summed E-state index contributed by atoms with van der Waals surface area (Å²) in [4.78, 5) is 12.9. The van der Waals surface area contributed by atoms with Gasteiger partial charge in [-0.25, -0.2) is 0 Å². The first-order valence-electron chi connectivity index (χ1n) is 5.50. The molecular formula is C13H17N3O. The van der Waals surface area contributed by atoms with E-state index in [1.807, 2.05) is 30.3 Å². The van der Waals surface area contributed by atoms with Crippen molar-refractivity contribution in [2.75, 3.05) is 27.2 Å². The molecule has 1 N–H and O–H groups in total. The van der Waals surface area contributed by atoms with Gasteiger partial charge < -0.3 is 10.2 Å². The molecule has 0 aliphatic carbocycles. The van der Waals surface area contributed by atoms with E-state index in [9.17, 15) is 4.79 Å². The molecule has 17 heavy (non-hydrogen) atoms. The number of nitrogens with zero attached hydrogens (tertiary/aromatic N) is 2. The monoisotopic (exact) mass is 231 g/mol. The van der Waals surface area contributed by atoms with Gasteiger partial charge in [0.15, 0.2) is 0 Å². The molecular weight excluding hydrogens is 214 g/mol. The second-order valence-corrected chi connectivity index (χ2v) is 4.01. The SMILES string of the molecule is CN(C)C(=O)CNCC(C#N)c1ccccc1. The molecule has 1 aromatic rings. The van der Waals surface area contributed by atoms with Gasteiger partial charge in [-0.1, -0.05) is 30.3 Å². The highest BCUT2D eigenvalue weighted by atomic mass is 16.2. The molecule has 4 nitrogen and oxygen atoms in total. The molecule has 0 aliphatic rings. The number of likely N-dealkylation sites (N-methyl/N-ethyl adjacent to an activating group) is 1. The first-order chi connectivity index (χ1) is 8.15. The minimum atomic E-state index is -0.217. The molecule has 0 aliphatic heterocycles. The van der Waals surface area contributed by atoms with E-state index in [4.69, 9.17) is 5.26 Å². The third-order valence-corrected chi connectivity index (χ3v) is 2.48. The predicted octanol–water partition coefficient (Wildman–Crippen LogP) is 0.972. The Morgan fingerprint density at radius 3 is 2.59 bits per heavy atom. The molecule has 4 heteroatoms. The van der Waals surface area contributed by atoms with E-state index < -0.39 is 0 Å². The third kappa shape index (κ3) is 4.25. The fourth-order valence-corrected chi connectivity index (χ4v) is 1.40. The van der Waals surface area contributed by atoms with Crippen LogP contribution in [0.25, 0.3) is 0 Å². The summed E-state index contributed by atoms with van der Waals surface area (Å²) in [5.41, 5.74) is 0.972. The van der Waals surface area contributed by atoms with Crippen molar-refractivity contribution in [2.45, 2.75) is 5.92 Å². The molecule has 0 bridgehead atoms. The van der Waals surface area contributed by atoms with Crippen LogP contribution in [0.15, 0.2) is 30.3 Å². The number of nitriles is 1. The predicted molar refractivity (Wildman–Crippen MR) is 66.4 cm³/mol. The Bertz CT molecular complexity index is 395. The zero-order chi connectivity index (χ0) is 12.7. The van der Waals surface area contributed by atoms with Crippen molar-refractivity contribution in [3.8, 4) is 6.07 Å². The number of carbonyl (C=O) groups excluding carboxylic acids is 1. The van der Waals surface area contributed by atoms with Crippen molar-refractivity contribution in [3.63, 3.8) is 0 Å². The lowest BCUT2D eigenvalue weighted by atomic mass is 10.0. The van der Waals surface area contributed by atoms with Crippen molar-refractivity contribution >= 4 is 5.91 Å². The Kier molecular flexibility index (Phi) is 5.18. The quantitative estimate of drug-likeness (QED) is 0.821. The highest BCUT2D eigenvalue weighted by Crippen LogP contribution is 2.12. The largest absolute Gasteiger partial charge is 0.348 e. The van der Waals surface area contributed by atoms with Crippen LogP contribution in [0.4, 0.5) is 0 Å². The molecule has 1 unspecified atom stereocenters. The van der Waals surface area contributed by atoms with Gasteiger partial charge in [-0.3, -0.25) is 4.79 Å². The molecule has 0 aromatic heterocycles. The Morgan fingerprint density at radius 2 is 2.06 bits per heavy atom. The molecule has 0 radical (unpaired) electrons. The van der Waals surface area contributed by atoms with Gasteiger partial charge in [0.1, 0.15) is 0 Å². The van der Waals surface area contributed by atoms with Crippen LogP contribution in [0.5, 0.6) is 0 Å². The van der Waals surface area contributed by atoms with Crippen LogP contribution >= 0.6 is 0 Å². The van der Waals surface area contributed by atoms with E-state index in [0.29, 0.717) is 6.54 Å². The minimum absolute atomic E-state index is 0.00903. The summed E-state index contributed by atoms with van der Waals surface area (Å²) in [5, 5.41) is 12.1. The van der Waals surface area contributed by atoms with Crippen molar-refractivity contribution in [1.29, 1.82) is 5.26 Å². The van der Waals surface area contributed by atoms with Gasteiger partial charge in [0.25, 0.3) is 0 Å². The Morgan fingerprint density at radius 1 is 1.41 bits per heavy atom. The van der Waals surface area contributed by atoms with E-state index in [0.717, 1.165) is 5.56 Å². The van der Waals surface area contributed by atoms with Gasteiger partial charge in [0.2, 0.25) is 5.91 Å². The number of benzene rings is 1. The fourth-order valence-electron chi connectivity index (χ4n) is 1.40. The molecule has 1 amide bonds. The van der Waals surface area contributed by atoms with E-state index in [1.54, 1.807) is 14.1 Å². The highest BCUT2D eigenvalue weighted by molar-refractivity contribution is 5.77. The second-order valence-electron chi connectivity index (χ2n) is 4.01. The number of hydrogen-bond acceptors (Lipinski definition) is 3. The van der Waals surface area contributed by atoms with Crippen LogP contribution in [-0.4, -0.2) is 38.0 Å². The first-order valence-corrected chi connectivity index (χ1v) is 5.50. The minimum Gasteiger partial charge on any atom is -0.348 e. The zero-order valence-corrected chi connectivity index (χ0v) is 10.2. The Balaban J connectivity index is 2.45. The maximum atomic E-state index is 11.3. The summed E-state index contributed by atoms with van der Waals surface area (Å²) in [6.45, 7) is 0.748. The maximum Gasteiger partial charge on any atom is 0.236 e. The maximum absolute atomic E-state index is 11.3. The molecule has 1 rings (SSSR count). The number of rotatable bonds is 5. The van der Waals surface area contributed by atoms with Crippen LogP contribution in [0.3, 0.4) is 0 Å². The molecule has 90 valence electrons. The van der Waals surface area contributed by atoms with Crippen molar-refractivity contribution in [1.82, 2.24) is 10.2 Å². The van der Waals surface area contributed by atoms with E-state index >= 15 is 0 Å². The first kappa shape index (κ1) is 13.2. The molecule has 0 spiro atoms. The molecule has 0 saturated carbocycles. The summed E-state index contributed by atoms with van der Waals surface area (Å²) in [5.74, 6) is -0.207. The zero-order valence-electron chi connectivity index (χ0n) is 10.2. The van der Waals surface area contributed by atoms with Gasteiger partial charge in [-0.2, -0.15) is 5.26 Å².